The number of pyridine rings is 1. The fraction of sp³-hybridized carbons (Fsp3) is 0.579. The van der Waals surface area contributed by atoms with Crippen molar-refractivity contribution in [1.82, 2.24) is 4.98 Å². The smallest absolute Gasteiger partial charge is 0.123 e. The molecule has 2 heterocycles. The van der Waals surface area contributed by atoms with E-state index in [-0.39, 0.29) is 0 Å². The molecule has 2 aromatic heterocycles. The molecule has 0 radical (unpaired) electrons. The molecule has 1 aliphatic carbocycles. The molecule has 2 aromatic rings. The normalized spacial score (nSPS) is 17.4. The monoisotopic (exact) mass is 314 g/mol. The van der Waals surface area contributed by atoms with Crippen LogP contribution in [0, 0.1) is 22.7 Å². The van der Waals surface area contributed by atoms with Gasteiger partial charge < -0.3 is 0 Å². The molecule has 0 bridgehead atoms. The lowest BCUT2D eigenvalue weighted by Gasteiger charge is -2.34. The van der Waals surface area contributed by atoms with E-state index in [1.54, 1.807) is 11.3 Å². The van der Waals surface area contributed by atoms with Crippen LogP contribution in [0.25, 0.3) is 10.2 Å². The molecule has 0 amide bonds. The minimum atomic E-state index is 0.368. The first-order chi connectivity index (χ1) is 10.5. The molecule has 0 saturated carbocycles. The van der Waals surface area contributed by atoms with E-state index in [2.05, 4.69) is 39.0 Å². The molecule has 0 spiro atoms. The van der Waals surface area contributed by atoms with Gasteiger partial charge in [-0.05, 0) is 48.3 Å². The van der Waals surface area contributed by atoms with Crippen LogP contribution >= 0.6 is 11.3 Å². The maximum Gasteiger partial charge on any atom is 0.123 e. The van der Waals surface area contributed by atoms with Crippen LogP contribution in [-0.2, 0) is 19.3 Å². The molecule has 1 atom stereocenters. The van der Waals surface area contributed by atoms with Crippen molar-refractivity contribution in [1.29, 1.82) is 5.26 Å². The molecule has 118 valence electrons. The summed E-state index contributed by atoms with van der Waals surface area (Å²) in [4.78, 5) is 7.07. The molecule has 0 aromatic carbocycles. The highest BCUT2D eigenvalue weighted by Crippen LogP contribution is 2.38. The van der Waals surface area contributed by atoms with Gasteiger partial charge in [-0.1, -0.05) is 34.6 Å². The van der Waals surface area contributed by atoms with Crippen molar-refractivity contribution in [3.63, 3.8) is 0 Å². The molecule has 1 unspecified atom stereocenters. The summed E-state index contributed by atoms with van der Waals surface area (Å²) in [5, 5.41) is 10.0. The summed E-state index contributed by atoms with van der Waals surface area (Å²) in [5.41, 5.74) is 3.07. The zero-order valence-electron chi connectivity index (χ0n) is 14.4. The number of aryl methyl sites for hydroxylation is 1. The predicted molar refractivity (Wildman–Crippen MR) is 95.3 cm³/mol. The second-order valence-corrected chi connectivity index (χ2v) is 7.96. The topological polar surface area (TPSA) is 36.7 Å². The lowest BCUT2D eigenvalue weighted by atomic mass is 9.71. The Morgan fingerprint density at radius 1 is 1.32 bits per heavy atom. The zero-order chi connectivity index (χ0) is 16.3. The Balaban J connectivity index is 0.000000847. The lowest BCUT2D eigenvalue weighted by Crippen LogP contribution is -2.27. The number of hydrogen-bond donors (Lipinski definition) is 0. The maximum atomic E-state index is 8.82. The summed E-state index contributed by atoms with van der Waals surface area (Å²) in [6, 6.07) is 6.67. The van der Waals surface area contributed by atoms with E-state index in [1.165, 1.54) is 23.1 Å². The third-order valence-corrected chi connectivity index (χ3v) is 5.45. The standard InChI is InChI=1S/C17H20N2S.C2H6/c1-17(2,3)13-4-5-15-11(9-13)8-12-10-14(6-7-18)20-16(12)19-15;1-2/h8,10,13H,4-6,9H2,1-3H3;1-2H3. The highest BCUT2D eigenvalue weighted by molar-refractivity contribution is 7.18. The number of aromatic nitrogens is 1. The van der Waals surface area contributed by atoms with Crippen molar-refractivity contribution >= 4 is 21.6 Å². The molecule has 2 nitrogen and oxygen atoms in total. The van der Waals surface area contributed by atoms with Crippen molar-refractivity contribution in [2.24, 2.45) is 11.3 Å². The van der Waals surface area contributed by atoms with Gasteiger partial charge in [0.2, 0.25) is 0 Å². The quantitative estimate of drug-likeness (QED) is 0.693. The van der Waals surface area contributed by atoms with Gasteiger partial charge in [0.25, 0.3) is 0 Å². The molecule has 0 saturated heterocycles. The number of thiophene rings is 1. The summed E-state index contributed by atoms with van der Waals surface area (Å²) in [6.45, 7) is 11.0. The fourth-order valence-electron chi connectivity index (χ4n) is 3.08. The lowest BCUT2D eigenvalue weighted by molar-refractivity contribution is 0.215. The minimum absolute atomic E-state index is 0.368. The second-order valence-electron chi connectivity index (χ2n) is 6.84. The average Bonchev–Trinajstić information content (AvgIpc) is 2.87. The highest BCUT2D eigenvalue weighted by atomic mass is 32.1. The molecule has 22 heavy (non-hydrogen) atoms. The molecular weight excluding hydrogens is 288 g/mol. The van der Waals surface area contributed by atoms with Crippen LogP contribution in [0.15, 0.2) is 12.1 Å². The van der Waals surface area contributed by atoms with Gasteiger partial charge in [-0.25, -0.2) is 4.98 Å². The Morgan fingerprint density at radius 3 is 2.68 bits per heavy atom. The molecular formula is C19H26N2S. The van der Waals surface area contributed by atoms with Crippen LogP contribution in [0.4, 0.5) is 0 Å². The maximum absolute atomic E-state index is 8.82. The molecule has 3 heteroatoms. The van der Waals surface area contributed by atoms with E-state index >= 15 is 0 Å². The molecule has 0 fully saturated rings. The fourth-order valence-corrected chi connectivity index (χ4v) is 4.04. The summed E-state index contributed by atoms with van der Waals surface area (Å²) >= 11 is 1.67. The largest absolute Gasteiger partial charge is 0.242 e. The number of nitriles is 1. The van der Waals surface area contributed by atoms with Crippen LogP contribution in [0.5, 0.6) is 0 Å². The summed E-state index contributed by atoms with van der Waals surface area (Å²) < 4.78 is 0. The molecule has 3 rings (SSSR count). The van der Waals surface area contributed by atoms with Gasteiger partial charge in [-0.2, -0.15) is 5.26 Å². The number of rotatable bonds is 1. The van der Waals surface area contributed by atoms with Crippen molar-refractivity contribution in [3.05, 3.63) is 28.3 Å². The SMILES string of the molecule is CC.CC(C)(C)C1CCc2nc3sc(CC#N)cc3cc2C1. The van der Waals surface area contributed by atoms with Crippen LogP contribution in [0.3, 0.4) is 0 Å². The van der Waals surface area contributed by atoms with Crippen LogP contribution in [0.2, 0.25) is 0 Å². The first kappa shape index (κ1) is 17.0. The minimum Gasteiger partial charge on any atom is -0.242 e. The Kier molecular flexibility index (Phi) is 5.24. The van der Waals surface area contributed by atoms with Gasteiger partial charge in [0, 0.05) is 16.0 Å². The van der Waals surface area contributed by atoms with Crippen LogP contribution < -0.4 is 0 Å². The van der Waals surface area contributed by atoms with Crippen molar-refractivity contribution < 1.29 is 0 Å². The third-order valence-electron chi connectivity index (χ3n) is 4.40. The summed E-state index contributed by atoms with van der Waals surface area (Å²) in [6.07, 6.45) is 3.98. The molecule has 0 aliphatic heterocycles. The third kappa shape index (κ3) is 3.50. The molecule has 1 aliphatic rings. The van der Waals surface area contributed by atoms with E-state index in [0.717, 1.165) is 28.5 Å². The van der Waals surface area contributed by atoms with E-state index < -0.39 is 0 Å². The first-order valence-electron chi connectivity index (χ1n) is 8.25. The zero-order valence-corrected chi connectivity index (χ0v) is 15.2. The van der Waals surface area contributed by atoms with E-state index in [0.29, 0.717) is 11.8 Å². The van der Waals surface area contributed by atoms with E-state index in [9.17, 15) is 0 Å². The van der Waals surface area contributed by atoms with E-state index in [4.69, 9.17) is 10.2 Å². The predicted octanol–water partition coefficient (Wildman–Crippen LogP) is 5.54. The van der Waals surface area contributed by atoms with Gasteiger partial charge in [0.1, 0.15) is 4.83 Å². The Labute approximate surface area is 138 Å². The van der Waals surface area contributed by atoms with E-state index in [1.807, 2.05) is 13.8 Å². The van der Waals surface area contributed by atoms with Crippen molar-refractivity contribution in [2.75, 3.05) is 0 Å². The number of hydrogen-bond acceptors (Lipinski definition) is 3. The number of nitrogens with zero attached hydrogens (tertiary/aromatic N) is 2. The average molecular weight is 314 g/mol. The highest BCUT2D eigenvalue weighted by Gasteiger charge is 2.29. The Bertz CT molecular complexity index is 686. The summed E-state index contributed by atoms with van der Waals surface area (Å²) in [7, 11) is 0. The number of fused-ring (bicyclic) bond motifs is 2. The van der Waals surface area contributed by atoms with Crippen LogP contribution in [-0.4, -0.2) is 4.98 Å². The van der Waals surface area contributed by atoms with Gasteiger partial charge in [0.05, 0.1) is 12.5 Å². The molecule has 0 N–H and O–H groups in total. The van der Waals surface area contributed by atoms with Crippen LogP contribution in [0.1, 0.15) is 57.2 Å². The summed E-state index contributed by atoms with van der Waals surface area (Å²) in [5.74, 6) is 0.742. The Hall–Kier alpha value is -1.40. The van der Waals surface area contributed by atoms with Gasteiger partial charge in [0.15, 0.2) is 0 Å². The van der Waals surface area contributed by atoms with Crippen molar-refractivity contribution in [3.8, 4) is 6.07 Å². The Morgan fingerprint density at radius 2 is 2.05 bits per heavy atom. The van der Waals surface area contributed by atoms with Gasteiger partial charge >= 0.3 is 0 Å². The van der Waals surface area contributed by atoms with Gasteiger partial charge in [-0.15, -0.1) is 11.3 Å². The van der Waals surface area contributed by atoms with Crippen molar-refractivity contribution in [2.45, 2.75) is 60.3 Å². The second kappa shape index (κ2) is 6.79. The van der Waals surface area contributed by atoms with Gasteiger partial charge in [-0.3, -0.25) is 0 Å². The first-order valence-corrected chi connectivity index (χ1v) is 9.07.